The maximum atomic E-state index is 9.12. The van der Waals surface area contributed by atoms with Crippen LogP contribution in [0.15, 0.2) is 0 Å². The Kier molecular flexibility index (Phi) is 5.22. The van der Waals surface area contributed by atoms with Crippen LogP contribution in [0, 0.1) is 0 Å². The predicted octanol–water partition coefficient (Wildman–Crippen LogP) is 1.03. The first kappa shape index (κ1) is 13.3. The fraction of sp³-hybridized carbons (Fsp3) is 1.00. The molecule has 2 rings (SSSR count). The van der Waals surface area contributed by atoms with Crippen molar-refractivity contribution in [3.05, 3.63) is 0 Å². The second-order valence-corrected chi connectivity index (χ2v) is 5.26. The summed E-state index contributed by atoms with van der Waals surface area (Å²) in [5.41, 5.74) is 0. The highest BCUT2D eigenvalue weighted by Gasteiger charge is 2.25. The molecule has 3 unspecified atom stereocenters. The van der Waals surface area contributed by atoms with Gasteiger partial charge in [-0.3, -0.25) is 4.90 Å². The van der Waals surface area contributed by atoms with E-state index >= 15 is 0 Å². The minimum atomic E-state index is 0.00827. The molecule has 0 bridgehead atoms. The van der Waals surface area contributed by atoms with Gasteiger partial charge in [0.25, 0.3) is 0 Å². The van der Waals surface area contributed by atoms with Gasteiger partial charge in [-0.15, -0.1) is 0 Å². The number of hydrogen-bond acceptors (Lipinski definition) is 4. The van der Waals surface area contributed by atoms with E-state index in [2.05, 4.69) is 11.8 Å². The summed E-state index contributed by atoms with van der Waals surface area (Å²) in [4.78, 5) is 2.43. The van der Waals surface area contributed by atoms with Gasteiger partial charge < -0.3 is 14.6 Å². The van der Waals surface area contributed by atoms with Crippen LogP contribution in [0.2, 0.25) is 0 Å². The zero-order valence-corrected chi connectivity index (χ0v) is 10.8. The summed E-state index contributed by atoms with van der Waals surface area (Å²) >= 11 is 0. The Morgan fingerprint density at radius 2 is 2.18 bits per heavy atom. The number of nitrogens with zero attached hydrogens (tertiary/aromatic N) is 1. The van der Waals surface area contributed by atoms with E-state index in [0.717, 1.165) is 26.3 Å². The quantitative estimate of drug-likeness (QED) is 0.783. The Balaban J connectivity index is 1.65. The molecular weight excluding hydrogens is 218 g/mol. The van der Waals surface area contributed by atoms with Crippen LogP contribution in [0.3, 0.4) is 0 Å². The number of aliphatic hydroxyl groups is 1. The molecule has 0 aliphatic carbocycles. The van der Waals surface area contributed by atoms with Crippen LogP contribution >= 0.6 is 0 Å². The molecule has 4 heteroatoms. The zero-order valence-electron chi connectivity index (χ0n) is 10.8. The van der Waals surface area contributed by atoms with Crippen molar-refractivity contribution in [2.45, 2.75) is 50.9 Å². The number of rotatable bonds is 5. The van der Waals surface area contributed by atoms with Gasteiger partial charge in [-0.2, -0.15) is 0 Å². The first-order valence-electron chi connectivity index (χ1n) is 6.87. The molecule has 0 spiro atoms. The molecule has 0 radical (unpaired) electrons. The number of morpholine rings is 1. The molecule has 2 aliphatic rings. The largest absolute Gasteiger partial charge is 0.394 e. The van der Waals surface area contributed by atoms with E-state index in [1.807, 2.05) is 0 Å². The summed E-state index contributed by atoms with van der Waals surface area (Å²) in [7, 11) is 0. The van der Waals surface area contributed by atoms with Gasteiger partial charge in [0.2, 0.25) is 0 Å². The lowest BCUT2D eigenvalue weighted by molar-refractivity contribution is -0.0785. The summed E-state index contributed by atoms with van der Waals surface area (Å²) in [5, 5.41) is 9.12. The summed E-state index contributed by atoms with van der Waals surface area (Å²) in [6.07, 6.45) is 5.33. The minimum absolute atomic E-state index is 0.00827. The normalized spacial score (nSPS) is 35.3. The van der Waals surface area contributed by atoms with Gasteiger partial charge >= 0.3 is 0 Å². The van der Waals surface area contributed by atoms with Crippen molar-refractivity contribution in [3.8, 4) is 0 Å². The van der Waals surface area contributed by atoms with Crippen LogP contribution in [-0.4, -0.2) is 61.2 Å². The molecule has 1 N–H and O–H groups in total. The topological polar surface area (TPSA) is 41.9 Å². The zero-order chi connectivity index (χ0) is 12.1. The van der Waals surface area contributed by atoms with E-state index in [1.165, 1.54) is 25.7 Å². The Bertz CT molecular complexity index is 219. The van der Waals surface area contributed by atoms with Crippen molar-refractivity contribution < 1.29 is 14.6 Å². The van der Waals surface area contributed by atoms with Gasteiger partial charge in [0, 0.05) is 19.2 Å². The highest BCUT2D eigenvalue weighted by Crippen LogP contribution is 2.18. The Labute approximate surface area is 104 Å². The molecule has 2 aliphatic heterocycles. The molecule has 4 nitrogen and oxygen atoms in total. The first-order valence-corrected chi connectivity index (χ1v) is 6.87. The van der Waals surface area contributed by atoms with Crippen LogP contribution in [0.25, 0.3) is 0 Å². The van der Waals surface area contributed by atoms with E-state index in [4.69, 9.17) is 14.6 Å². The maximum absolute atomic E-state index is 9.12. The smallest absolute Gasteiger partial charge is 0.0933 e. The third-order valence-corrected chi connectivity index (χ3v) is 3.83. The summed E-state index contributed by atoms with van der Waals surface area (Å²) in [5.74, 6) is 0. The highest BCUT2D eigenvalue weighted by molar-refractivity contribution is 4.77. The fourth-order valence-corrected chi connectivity index (χ4v) is 2.69. The predicted molar refractivity (Wildman–Crippen MR) is 66.1 cm³/mol. The number of aliphatic hydroxyl groups excluding tert-OH is 1. The van der Waals surface area contributed by atoms with Crippen LogP contribution < -0.4 is 0 Å². The molecule has 0 amide bonds. The average molecular weight is 243 g/mol. The first-order chi connectivity index (χ1) is 8.29. The maximum Gasteiger partial charge on any atom is 0.0933 e. The molecule has 100 valence electrons. The molecule has 17 heavy (non-hydrogen) atoms. The van der Waals surface area contributed by atoms with Gasteiger partial charge in [-0.25, -0.2) is 0 Å². The van der Waals surface area contributed by atoms with E-state index < -0.39 is 0 Å². The molecule has 2 fully saturated rings. The molecule has 0 aromatic heterocycles. The van der Waals surface area contributed by atoms with Crippen LogP contribution in [0.4, 0.5) is 0 Å². The van der Waals surface area contributed by atoms with Crippen LogP contribution in [0.5, 0.6) is 0 Å². The average Bonchev–Trinajstić information content (AvgIpc) is 2.84. The second-order valence-electron chi connectivity index (χ2n) is 5.26. The molecule has 2 saturated heterocycles. The monoisotopic (exact) mass is 243 g/mol. The molecule has 0 aromatic carbocycles. The van der Waals surface area contributed by atoms with Crippen LogP contribution in [0.1, 0.15) is 32.6 Å². The van der Waals surface area contributed by atoms with E-state index in [1.54, 1.807) is 0 Å². The van der Waals surface area contributed by atoms with Crippen molar-refractivity contribution in [2.75, 3.05) is 32.9 Å². The molecule has 2 heterocycles. The van der Waals surface area contributed by atoms with Gasteiger partial charge in [0.15, 0.2) is 0 Å². The lowest BCUT2D eigenvalue weighted by Crippen LogP contribution is -2.49. The summed E-state index contributed by atoms with van der Waals surface area (Å²) in [6.45, 7) is 5.98. The van der Waals surface area contributed by atoms with Gasteiger partial charge in [0.05, 0.1) is 25.4 Å². The van der Waals surface area contributed by atoms with E-state index in [-0.39, 0.29) is 12.7 Å². The molecule has 0 saturated carbocycles. The number of hydrogen-bond donors (Lipinski definition) is 1. The highest BCUT2D eigenvalue weighted by atomic mass is 16.5. The third-order valence-electron chi connectivity index (χ3n) is 3.83. The van der Waals surface area contributed by atoms with Gasteiger partial charge in [-0.05, 0) is 39.2 Å². The molecule has 0 aromatic rings. The van der Waals surface area contributed by atoms with E-state index in [0.29, 0.717) is 12.1 Å². The second kappa shape index (κ2) is 6.69. The van der Waals surface area contributed by atoms with Crippen molar-refractivity contribution in [2.24, 2.45) is 0 Å². The van der Waals surface area contributed by atoms with Crippen molar-refractivity contribution >= 4 is 0 Å². The summed E-state index contributed by atoms with van der Waals surface area (Å²) < 4.78 is 11.2. The van der Waals surface area contributed by atoms with Gasteiger partial charge in [0.1, 0.15) is 0 Å². The van der Waals surface area contributed by atoms with E-state index in [9.17, 15) is 0 Å². The number of ether oxygens (including phenoxy) is 2. The lowest BCUT2D eigenvalue weighted by Gasteiger charge is -2.37. The van der Waals surface area contributed by atoms with Crippen LogP contribution in [-0.2, 0) is 9.47 Å². The Hall–Kier alpha value is -0.160. The van der Waals surface area contributed by atoms with Crippen molar-refractivity contribution in [1.82, 2.24) is 4.90 Å². The standard InChI is InChI=1S/C13H25NO3/c1-11-10-17-13(9-15)8-14(11)6-2-4-12-5-3-7-16-12/h11-13,15H,2-10H2,1H3. The van der Waals surface area contributed by atoms with Crippen molar-refractivity contribution in [3.63, 3.8) is 0 Å². The fourth-order valence-electron chi connectivity index (χ4n) is 2.69. The third kappa shape index (κ3) is 3.91. The Morgan fingerprint density at radius 3 is 2.88 bits per heavy atom. The summed E-state index contributed by atoms with van der Waals surface area (Å²) in [6, 6.07) is 0.474. The lowest BCUT2D eigenvalue weighted by atomic mass is 10.1. The Morgan fingerprint density at radius 1 is 1.29 bits per heavy atom. The molecular formula is C13H25NO3. The molecule has 3 atom stereocenters. The SMILES string of the molecule is CC1COC(CO)CN1CCCC1CCCO1. The van der Waals surface area contributed by atoms with Crippen molar-refractivity contribution in [1.29, 1.82) is 0 Å². The van der Waals surface area contributed by atoms with Gasteiger partial charge in [-0.1, -0.05) is 0 Å². The minimum Gasteiger partial charge on any atom is -0.394 e.